The minimum Gasteiger partial charge on any atom is -0.508 e. The van der Waals surface area contributed by atoms with Gasteiger partial charge in [0.1, 0.15) is 17.4 Å². The van der Waals surface area contributed by atoms with Crippen LogP contribution in [0.25, 0.3) is 0 Å². The molecule has 0 saturated carbocycles. The first kappa shape index (κ1) is 15.1. The summed E-state index contributed by atoms with van der Waals surface area (Å²) in [6.07, 6.45) is 4.71. The first-order valence-corrected chi connectivity index (χ1v) is 6.52. The molecule has 0 aliphatic rings. The summed E-state index contributed by atoms with van der Waals surface area (Å²) in [5.74, 6) is -0.413. The molecule has 0 fully saturated rings. The number of phenolic OH excluding ortho intramolecular Hbond substituents is 1. The van der Waals surface area contributed by atoms with Crippen LogP contribution < -0.4 is 10.6 Å². The van der Waals surface area contributed by atoms with Crippen molar-refractivity contribution in [3.63, 3.8) is 0 Å². The van der Waals surface area contributed by atoms with Crippen LogP contribution in [0.5, 0.6) is 5.75 Å². The van der Waals surface area contributed by atoms with E-state index in [2.05, 4.69) is 15.6 Å². The molecular formula is C16H14N4O2. The molecule has 0 radical (unpaired) electrons. The van der Waals surface area contributed by atoms with E-state index >= 15 is 0 Å². The van der Waals surface area contributed by atoms with Crippen LogP contribution in [0.15, 0.2) is 60.6 Å². The zero-order valence-electron chi connectivity index (χ0n) is 11.7. The Morgan fingerprint density at radius 3 is 2.55 bits per heavy atom. The molecule has 0 aliphatic carbocycles. The lowest BCUT2D eigenvalue weighted by Crippen LogP contribution is -2.16. The molecule has 1 aromatic heterocycles. The number of nitrogens with one attached hydrogen (secondary N) is 2. The maximum Gasteiger partial charge on any atom is 0.267 e. The van der Waals surface area contributed by atoms with Crippen molar-refractivity contribution in [3.8, 4) is 11.8 Å². The van der Waals surface area contributed by atoms with Gasteiger partial charge in [-0.25, -0.2) is 0 Å². The number of benzene rings is 1. The molecule has 1 heterocycles. The monoisotopic (exact) mass is 294 g/mol. The van der Waals surface area contributed by atoms with E-state index in [0.29, 0.717) is 12.2 Å². The zero-order chi connectivity index (χ0) is 15.8. The molecule has 0 saturated heterocycles. The summed E-state index contributed by atoms with van der Waals surface area (Å²) in [5.41, 5.74) is 1.45. The summed E-state index contributed by atoms with van der Waals surface area (Å²) < 4.78 is 0. The predicted molar refractivity (Wildman–Crippen MR) is 81.5 cm³/mol. The number of carbonyl (C=O) groups excluding carboxylic acids is 1. The standard InChI is InChI=1S/C16H14N4O2/c17-9-13(11-19-10-12-5-7-18-8-6-12)16(22)20-14-1-3-15(21)4-2-14/h1-8,11,19,21H,10H2,(H,20,22)/b13-11-. The van der Waals surface area contributed by atoms with Gasteiger partial charge >= 0.3 is 0 Å². The molecule has 0 unspecified atom stereocenters. The van der Waals surface area contributed by atoms with Gasteiger partial charge in [0, 0.05) is 30.8 Å². The van der Waals surface area contributed by atoms with Crippen molar-refractivity contribution >= 4 is 11.6 Å². The molecule has 0 aliphatic heterocycles. The highest BCUT2D eigenvalue weighted by Gasteiger charge is 2.08. The molecule has 0 spiro atoms. The number of hydrogen-bond acceptors (Lipinski definition) is 5. The van der Waals surface area contributed by atoms with E-state index in [0.717, 1.165) is 5.56 Å². The Morgan fingerprint density at radius 1 is 1.23 bits per heavy atom. The first-order chi connectivity index (χ1) is 10.7. The summed E-state index contributed by atoms with van der Waals surface area (Å²) in [4.78, 5) is 15.9. The van der Waals surface area contributed by atoms with Gasteiger partial charge in [-0.15, -0.1) is 0 Å². The van der Waals surface area contributed by atoms with Crippen molar-refractivity contribution in [1.29, 1.82) is 5.26 Å². The average molecular weight is 294 g/mol. The van der Waals surface area contributed by atoms with Crippen LogP contribution in [0.4, 0.5) is 5.69 Å². The molecule has 0 atom stereocenters. The minimum absolute atomic E-state index is 0.0397. The van der Waals surface area contributed by atoms with Crippen LogP contribution >= 0.6 is 0 Å². The molecule has 1 aromatic carbocycles. The third-order valence-corrected chi connectivity index (χ3v) is 2.79. The summed E-state index contributed by atoms with van der Waals surface area (Å²) in [6, 6.07) is 11.5. The third kappa shape index (κ3) is 4.35. The number of aromatic hydroxyl groups is 1. The number of anilines is 1. The Morgan fingerprint density at radius 2 is 1.91 bits per heavy atom. The molecule has 3 N–H and O–H groups in total. The van der Waals surface area contributed by atoms with Gasteiger partial charge in [-0.05, 0) is 42.0 Å². The smallest absolute Gasteiger partial charge is 0.267 e. The van der Waals surface area contributed by atoms with E-state index in [1.165, 1.54) is 18.3 Å². The van der Waals surface area contributed by atoms with Gasteiger partial charge in [-0.2, -0.15) is 5.26 Å². The van der Waals surface area contributed by atoms with Crippen molar-refractivity contribution in [3.05, 3.63) is 66.1 Å². The molecule has 1 amide bonds. The van der Waals surface area contributed by atoms with Crippen LogP contribution in [-0.4, -0.2) is 16.0 Å². The Labute approximate surface area is 127 Å². The van der Waals surface area contributed by atoms with Crippen molar-refractivity contribution in [1.82, 2.24) is 10.3 Å². The van der Waals surface area contributed by atoms with Crippen LogP contribution in [0.1, 0.15) is 5.56 Å². The molecule has 6 heteroatoms. The second-order valence-corrected chi connectivity index (χ2v) is 4.41. The number of amides is 1. The summed E-state index contributed by atoms with van der Waals surface area (Å²) >= 11 is 0. The number of hydrogen-bond donors (Lipinski definition) is 3. The normalized spacial score (nSPS) is 10.6. The quantitative estimate of drug-likeness (QED) is 0.444. The highest BCUT2D eigenvalue weighted by molar-refractivity contribution is 6.06. The fourth-order valence-electron chi connectivity index (χ4n) is 1.66. The highest BCUT2D eigenvalue weighted by Crippen LogP contribution is 2.14. The van der Waals surface area contributed by atoms with Crippen LogP contribution in [0.2, 0.25) is 0 Å². The molecule has 0 bridgehead atoms. The number of nitrogens with zero attached hydrogens (tertiary/aromatic N) is 2. The minimum atomic E-state index is -0.518. The van der Waals surface area contributed by atoms with Gasteiger partial charge in [0.15, 0.2) is 0 Å². The van der Waals surface area contributed by atoms with Crippen LogP contribution in [0.3, 0.4) is 0 Å². The second-order valence-electron chi connectivity index (χ2n) is 4.41. The Hall–Kier alpha value is -3.33. The SMILES string of the molecule is N#C/C(=C/NCc1ccncc1)C(=O)Nc1ccc(O)cc1. The van der Waals surface area contributed by atoms with Gasteiger partial charge < -0.3 is 15.7 Å². The van der Waals surface area contributed by atoms with Crippen LogP contribution in [-0.2, 0) is 11.3 Å². The molecule has 22 heavy (non-hydrogen) atoms. The lowest BCUT2D eigenvalue weighted by Gasteiger charge is -2.05. The maximum atomic E-state index is 12.0. The van der Waals surface area contributed by atoms with Gasteiger partial charge in [0.2, 0.25) is 0 Å². The van der Waals surface area contributed by atoms with Gasteiger partial charge in [-0.1, -0.05) is 0 Å². The van der Waals surface area contributed by atoms with Crippen molar-refractivity contribution in [2.24, 2.45) is 0 Å². The van der Waals surface area contributed by atoms with E-state index < -0.39 is 5.91 Å². The largest absolute Gasteiger partial charge is 0.508 e. The number of phenols is 1. The van der Waals surface area contributed by atoms with E-state index in [-0.39, 0.29) is 11.3 Å². The number of pyridine rings is 1. The third-order valence-electron chi connectivity index (χ3n) is 2.79. The van der Waals surface area contributed by atoms with Crippen LogP contribution in [0, 0.1) is 11.3 Å². The Kier molecular flexibility index (Phi) is 5.10. The molecule has 2 rings (SSSR count). The first-order valence-electron chi connectivity index (χ1n) is 6.52. The maximum absolute atomic E-state index is 12.0. The lowest BCUT2D eigenvalue weighted by molar-refractivity contribution is -0.112. The Balaban J connectivity index is 1.95. The average Bonchev–Trinajstić information content (AvgIpc) is 2.54. The van der Waals surface area contributed by atoms with Gasteiger partial charge in [0.05, 0.1) is 0 Å². The number of aromatic nitrogens is 1. The van der Waals surface area contributed by atoms with Crippen molar-refractivity contribution in [2.75, 3.05) is 5.32 Å². The number of nitriles is 1. The summed E-state index contributed by atoms with van der Waals surface area (Å²) in [6.45, 7) is 0.486. The summed E-state index contributed by atoms with van der Waals surface area (Å²) in [5, 5.41) is 23.7. The van der Waals surface area contributed by atoms with Gasteiger partial charge in [0.25, 0.3) is 5.91 Å². The van der Waals surface area contributed by atoms with Gasteiger partial charge in [-0.3, -0.25) is 9.78 Å². The number of rotatable bonds is 5. The summed E-state index contributed by atoms with van der Waals surface area (Å²) in [7, 11) is 0. The van der Waals surface area contributed by atoms with Crippen molar-refractivity contribution in [2.45, 2.75) is 6.54 Å². The lowest BCUT2D eigenvalue weighted by atomic mass is 10.2. The van der Waals surface area contributed by atoms with E-state index in [4.69, 9.17) is 5.26 Å². The highest BCUT2D eigenvalue weighted by atomic mass is 16.3. The topological polar surface area (TPSA) is 98.0 Å². The van der Waals surface area contributed by atoms with Crippen molar-refractivity contribution < 1.29 is 9.90 Å². The van der Waals surface area contributed by atoms with E-state index in [1.807, 2.05) is 18.2 Å². The molecule has 6 nitrogen and oxygen atoms in total. The fraction of sp³-hybridized carbons (Fsp3) is 0.0625. The Bertz CT molecular complexity index is 703. The second kappa shape index (κ2) is 7.45. The predicted octanol–water partition coefficient (Wildman–Crippen LogP) is 1.92. The fourth-order valence-corrected chi connectivity index (χ4v) is 1.66. The molecule has 110 valence electrons. The molecule has 2 aromatic rings. The number of carbonyl (C=O) groups is 1. The zero-order valence-corrected chi connectivity index (χ0v) is 11.7. The van der Waals surface area contributed by atoms with E-state index in [9.17, 15) is 9.90 Å². The van der Waals surface area contributed by atoms with E-state index in [1.54, 1.807) is 24.5 Å². The molecular weight excluding hydrogens is 280 g/mol.